The van der Waals surface area contributed by atoms with Gasteiger partial charge < -0.3 is 19.9 Å². The number of halogens is 3. The Bertz CT molecular complexity index is 1070. The number of aliphatic carboxylic acids is 1. The van der Waals surface area contributed by atoms with Crippen LogP contribution in [0.2, 0.25) is 0 Å². The second-order valence-corrected chi connectivity index (χ2v) is 8.43. The first-order valence-electron chi connectivity index (χ1n) is 11.1. The molecule has 34 heavy (non-hydrogen) atoms. The third-order valence-electron chi connectivity index (χ3n) is 6.27. The second kappa shape index (κ2) is 9.92. The van der Waals surface area contributed by atoms with E-state index in [1.54, 1.807) is 18.2 Å². The van der Waals surface area contributed by atoms with Crippen LogP contribution in [0.3, 0.4) is 0 Å². The molecule has 0 spiro atoms. The fraction of sp³-hybridized carbons (Fsp3) is 0.417. The lowest BCUT2D eigenvalue weighted by molar-refractivity contribution is -0.192. The molecule has 0 aromatic heterocycles. The van der Waals surface area contributed by atoms with Crippen LogP contribution in [-0.2, 0) is 17.6 Å². The lowest BCUT2D eigenvalue weighted by Crippen LogP contribution is -2.41. The van der Waals surface area contributed by atoms with Gasteiger partial charge in [-0.15, -0.1) is 0 Å². The zero-order valence-electron chi connectivity index (χ0n) is 18.4. The van der Waals surface area contributed by atoms with Gasteiger partial charge in [0.25, 0.3) is 5.91 Å². The maximum absolute atomic E-state index is 12.6. The number of fused-ring (bicyclic) bond motifs is 2. The van der Waals surface area contributed by atoms with E-state index in [0.717, 1.165) is 37.7 Å². The molecule has 1 saturated carbocycles. The first kappa shape index (κ1) is 23.9. The molecule has 2 aromatic rings. The number of nitrogens with one attached hydrogen (secondary N) is 1. The van der Waals surface area contributed by atoms with Crippen LogP contribution in [-0.4, -0.2) is 54.0 Å². The van der Waals surface area contributed by atoms with Crippen LogP contribution < -0.4 is 14.8 Å². The number of anilines is 1. The average molecular weight is 478 g/mol. The number of alkyl halides is 3. The van der Waals surface area contributed by atoms with Gasteiger partial charge in [-0.05, 0) is 67.1 Å². The largest absolute Gasteiger partial charge is 0.490 e. The van der Waals surface area contributed by atoms with Gasteiger partial charge in [-0.1, -0.05) is 12.5 Å². The lowest BCUT2D eigenvalue weighted by atomic mass is 9.91. The van der Waals surface area contributed by atoms with Crippen molar-refractivity contribution in [2.45, 2.75) is 44.3 Å². The van der Waals surface area contributed by atoms with Gasteiger partial charge in [-0.2, -0.15) is 13.2 Å². The number of ether oxygens (including phenoxy) is 2. The molecule has 5 rings (SSSR count). The highest BCUT2D eigenvalue weighted by Crippen LogP contribution is 2.33. The molecule has 0 unspecified atom stereocenters. The molecular formula is C24H25F3N2O5. The zero-order valence-corrected chi connectivity index (χ0v) is 18.4. The molecule has 0 bridgehead atoms. The second-order valence-electron chi connectivity index (χ2n) is 8.43. The van der Waals surface area contributed by atoms with E-state index >= 15 is 0 Å². The van der Waals surface area contributed by atoms with E-state index in [1.807, 2.05) is 6.07 Å². The van der Waals surface area contributed by atoms with Crippen LogP contribution in [0.5, 0.6) is 11.5 Å². The Labute approximate surface area is 194 Å². The van der Waals surface area contributed by atoms with Crippen molar-refractivity contribution in [3.63, 3.8) is 0 Å². The van der Waals surface area contributed by atoms with Gasteiger partial charge in [0.05, 0.1) is 0 Å². The van der Waals surface area contributed by atoms with E-state index in [9.17, 15) is 18.0 Å². The van der Waals surface area contributed by atoms with Gasteiger partial charge in [0.15, 0.2) is 11.5 Å². The molecule has 2 aromatic carbocycles. The molecule has 2 aliphatic heterocycles. The summed E-state index contributed by atoms with van der Waals surface area (Å²) in [5.74, 6) is -1.57. The summed E-state index contributed by atoms with van der Waals surface area (Å²) in [6.45, 7) is 2.49. The van der Waals surface area contributed by atoms with Crippen molar-refractivity contribution in [3.05, 3.63) is 53.1 Å². The van der Waals surface area contributed by atoms with Gasteiger partial charge in [0.1, 0.15) is 0 Å². The third kappa shape index (κ3) is 5.61. The van der Waals surface area contributed by atoms with Crippen molar-refractivity contribution < 1.29 is 37.3 Å². The molecule has 2 heterocycles. The van der Waals surface area contributed by atoms with Crippen LogP contribution in [0.25, 0.3) is 0 Å². The third-order valence-corrected chi connectivity index (χ3v) is 6.27. The zero-order chi connectivity index (χ0) is 24.3. The molecule has 3 aliphatic rings. The summed E-state index contributed by atoms with van der Waals surface area (Å²) in [5, 5.41) is 10.2. The molecule has 10 heteroatoms. The predicted molar refractivity (Wildman–Crippen MR) is 117 cm³/mol. The van der Waals surface area contributed by atoms with Crippen molar-refractivity contribution in [2.24, 2.45) is 0 Å². The van der Waals surface area contributed by atoms with Gasteiger partial charge in [0.2, 0.25) is 6.79 Å². The van der Waals surface area contributed by atoms with Gasteiger partial charge in [0, 0.05) is 30.4 Å². The molecular weight excluding hydrogens is 453 g/mol. The average Bonchev–Trinajstić information content (AvgIpc) is 3.13. The Kier molecular flexibility index (Phi) is 6.97. The van der Waals surface area contributed by atoms with Crippen molar-refractivity contribution in [1.29, 1.82) is 0 Å². The topological polar surface area (TPSA) is 88.1 Å². The molecule has 1 fully saturated rings. The standard InChI is InChI=1S/C22H24N2O3.C2HF3O2/c25-22(17-5-7-20-21(13-17)27-14-26-20)23-18-6-4-15-8-10-24(19-2-1-3-19)11-9-16(15)12-18;3-2(4,5)1(6)7/h4-7,12-13,19H,1-3,8-11,14H2,(H,23,25);(H,6,7). The summed E-state index contributed by atoms with van der Waals surface area (Å²) in [6.07, 6.45) is 1.16. The van der Waals surface area contributed by atoms with Gasteiger partial charge >= 0.3 is 12.1 Å². The number of carbonyl (C=O) groups excluding carboxylic acids is 1. The van der Waals surface area contributed by atoms with Crippen molar-refractivity contribution in [2.75, 3.05) is 25.2 Å². The van der Waals surface area contributed by atoms with E-state index in [2.05, 4.69) is 22.3 Å². The number of amides is 1. The van der Waals surface area contributed by atoms with Gasteiger partial charge in [-0.3, -0.25) is 9.69 Å². The van der Waals surface area contributed by atoms with E-state index in [1.165, 1.54) is 30.4 Å². The summed E-state index contributed by atoms with van der Waals surface area (Å²) in [6, 6.07) is 12.4. The normalized spacial score (nSPS) is 17.5. The minimum atomic E-state index is -5.08. The lowest BCUT2D eigenvalue weighted by Gasteiger charge is -2.36. The first-order chi connectivity index (χ1) is 16.2. The molecule has 0 radical (unpaired) electrons. The molecule has 1 aliphatic carbocycles. The molecule has 2 N–H and O–H groups in total. The van der Waals surface area contributed by atoms with E-state index in [4.69, 9.17) is 19.4 Å². The molecule has 7 nitrogen and oxygen atoms in total. The van der Waals surface area contributed by atoms with Crippen molar-refractivity contribution in [1.82, 2.24) is 4.90 Å². The Morgan fingerprint density at radius 1 is 0.971 bits per heavy atom. The Morgan fingerprint density at radius 3 is 2.29 bits per heavy atom. The Balaban J connectivity index is 0.000000344. The number of carboxylic acid groups (broad SMARTS) is 1. The number of hydrogen-bond acceptors (Lipinski definition) is 5. The fourth-order valence-electron chi connectivity index (χ4n) is 4.18. The Morgan fingerprint density at radius 2 is 1.65 bits per heavy atom. The van der Waals surface area contributed by atoms with Crippen LogP contribution in [0.15, 0.2) is 36.4 Å². The van der Waals surface area contributed by atoms with Crippen LogP contribution >= 0.6 is 0 Å². The monoisotopic (exact) mass is 478 g/mol. The smallest absolute Gasteiger partial charge is 0.475 e. The predicted octanol–water partition coefficient (Wildman–Crippen LogP) is 4.25. The van der Waals surface area contributed by atoms with E-state index in [0.29, 0.717) is 17.1 Å². The number of carbonyl (C=O) groups is 2. The summed E-state index contributed by atoms with van der Waals surface area (Å²) in [5.41, 5.74) is 4.21. The number of hydrogen-bond donors (Lipinski definition) is 2. The number of benzene rings is 2. The summed E-state index contributed by atoms with van der Waals surface area (Å²) >= 11 is 0. The molecule has 0 atom stereocenters. The molecule has 182 valence electrons. The van der Waals surface area contributed by atoms with Gasteiger partial charge in [-0.25, -0.2) is 4.79 Å². The van der Waals surface area contributed by atoms with Crippen LogP contribution in [0.1, 0.15) is 40.7 Å². The fourth-order valence-corrected chi connectivity index (χ4v) is 4.18. The minimum absolute atomic E-state index is 0.127. The number of carboxylic acids is 1. The maximum atomic E-state index is 12.6. The summed E-state index contributed by atoms with van der Waals surface area (Å²) in [4.78, 5) is 24.2. The summed E-state index contributed by atoms with van der Waals surface area (Å²) < 4.78 is 42.4. The van der Waals surface area contributed by atoms with Crippen molar-refractivity contribution >= 4 is 17.6 Å². The van der Waals surface area contributed by atoms with E-state index in [-0.39, 0.29) is 12.7 Å². The highest BCUT2D eigenvalue weighted by molar-refractivity contribution is 6.04. The Hall–Kier alpha value is -3.27. The van der Waals surface area contributed by atoms with E-state index < -0.39 is 12.1 Å². The molecule has 1 amide bonds. The first-order valence-corrected chi connectivity index (χ1v) is 11.1. The quantitative estimate of drug-likeness (QED) is 0.686. The highest BCUT2D eigenvalue weighted by Gasteiger charge is 2.38. The van der Waals surface area contributed by atoms with Crippen molar-refractivity contribution in [3.8, 4) is 11.5 Å². The number of rotatable bonds is 3. The van der Waals surface area contributed by atoms with Crippen LogP contribution in [0.4, 0.5) is 18.9 Å². The highest BCUT2D eigenvalue weighted by atomic mass is 19.4. The molecule has 0 saturated heterocycles. The number of nitrogens with zero attached hydrogens (tertiary/aromatic N) is 1. The summed E-state index contributed by atoms with van der Waals surface area (Å²) in [7, 11) is 0. The maximum Gasteiger partial charge on any atom is 0.490 e. The SMILES string of the molecule is O=C(Nc1ccc2c(c1)CCN(C1CCC1)CC2)c1ccc2c(c1)OCO2.O=C(O)C(F)(F)F. The minimum Gasteiger partial charge on any atom is -0.475 e. The van der Waals surface area contributed by atoms with Crippen LogP contribution in [0, 0.1) is 0 Å².